The summed E-state index contributed by atoms with van der Waals surface area (Å²) in [5.41, 5.74) is 3.01. The van der Waals surface area contributed by atoms with Crippen LogP contribution in [0, 0.1) is 6.92 Å². The lowest BCUT2D eigenvalue weighted by Crippen LogP contribution is -2.26. The average Bonchev–Trinajstić information content (AvgIpc) is 3.10. The predicted octanol–water partition coefficient (Wildman–Crippen LogP) is 3.51. The number of hydrogen-bond acceptors (Lipinski definition) is 5. The van der Waals surface area contributed by atoms with Gasteiger partial charge in [-0.15, -0.1) is 0 Å². The van der Waals surface area contributed by atoms with E-state index in [9.17, 15) is 4.79 Å². The molecule has 0 atom stereocenters. The third-order valence-electron chi connectivity index (χ3n) is 3.60. The number of carbonyl (C=O) groups excluding carboxylic acids is 1. The Morgan fingerprint density at radius 1 is 1.12 bits per heavy atom. The van der Waals surface area contributed by atoms with Crippen LogP contribution >= 0.6 is 0 Å². The minimum Gasteiger partial charge on any atom is -0.445 e. The van der Waals surface area contributed by atoms with Gasteiger partial charge in [-0.25, -0.2) is 4.79 Å². The summed E-state index contributed by atoms with van der Waals surface area (Å²) in [5, 5.41) is 6.63. The second-order valence-corrected chi connectivity index (χ2v) is 5.62. The minimum absolute atomic E-state index is 0.241. The van der Waals surface area contributed by atoms with Gasteiger partial charge in [-0.2, -0.15) is 4.98 Å². The van der Waals surface area contributed by atoms with Crippen LogP contribution in [0.1, 0.15) is 17.0 Å². The molecule has 0 radical (unpaired) electrons. The molecule has 1 aromatic heterocycles. The Kier molecular flexibility index (Phi) is 5.41. The Morgan fingerprint density at radius 2 is 1.88 bits per heavy atom. The van der Waals surface area contributed by atoms with Gasteiger partial charge in [0.25, 0.3) is 0 Å². The van der Waals surface area contributed by atoms with Crippen LogP contribution in [-0.4, -0.2) is 22.8 Å². The average molecular weight is 337 g/mol. The zero-order valence-corrected chi connectivity index (χ0v) is 13.9. The summed E-state index contributed by atoms with van der Waals surface area (Å²) >= 11 is 0. The lowest BCUT2D eigenvalue weighted by atomic mass is 10.1. The SMILES string of the molecule is Cc1ccc(-c2noc(CCNC(=O)OCc3ccccc3)n2)cc1. The number of hydrogen-bond donors (Lipinski definition) is 1. The first kappa shape index (κ1) is 16.7. The molecule has 3 aromatic rings. The standard InChI is InChI=1S/C19H19N3O3/c1-14-7-9-16(10-8-14)18-21-17(25-22-18)11-12-20-19(23)24-13-15-5-3-2-4-6-15/h2-10H,11-13H2,1H3,(H,20,23). The number of carbonyl (C=O) groups is 1. The van der Waals surface area contributed by atoms with Crippen LogP contribution in [0.5, 0.6) is 0 Å². The predicted molar refractivity (Wildman–Crippen MR) is 92.8 cm³/mol. The zero-order valence-electron chi connectivity index (χ0n) is 13.9. The maximum Gasteiger partial charge on any atom is 0.407 e. The normalized spacial score (nSPS) is 10.4. The number of rotatable bonds is 6. The molecule has 0 saturated carbocycles. The number of amides is 1. The largest absolute Gasteiger partial charge is 0.445 e. The lowest BCUT2D eigenvalue weighted by molar-refractivity contribution is 0.139. The van der Waals surface area contributed by atoms with Gasteiger partial charge in [0.15, 0.2) is 0 Å². The van der Waals surface area contributed by atoms with Crippen molar-refractivity contribution in [1.29, 1.82) is 0 Å². The van der Waals surface area contributed by atoms with E-state index in [0.717, 1.165) is 11.1 Å². The highest BCUT2D eigenvalue weighted by molar-refractivity contribution is 5.67. The second-order valence-electron chi connectivity index (χ2n) is 5.62. The Hall–Kier alpha value is -3.15. The molecule has 3 rings (SSSR count). The van der Waals surface area contributed by atoms with E-state index in [0.29, 0.717) is 24.7 Å². The summed E-state index contributed by atoms with van der Waals surface area (Å²) in [6, 6.07) is 17.4. The summed E-state index contributed by atoms with van der Waals surface area (Å²) in [5.74, 6) is 1.01. The molecule has 0 aliphatic carbocycles. The first-order valence-corrected chi connectivity index (χ1v) is 8.05. The number of nitrogens with one attached hydrogen (secondary N) is 1. The van der Waals surface area contributed by atoms with Gasteiger partial charge in [-0.3, -0.25) is 0 Å². The quantitative estimate of drug-likeness (QED) is 0.745. The zero-order chi connectivity index (χ0) is 17.5. The highest BCUT2D eigenvalue weighted by atomic mass is 16.5. The Balaban J connectivity index is 1.43. The summed E-state index contributed by atoms with van der Waals surface area (Å²) in [6.07, 6.45) is -0.0265. The molecule has 128 valence electrons. The Morgan fingerprint density at radius 3 is 2.64 bits per heavy atom. The molecule has 0 saturated heterocycles. The smallest absolute Gasteiger partial charge is 0.407 e. The number of aryl methyl sites for hydroxylation is 1. The van der Waals surface area contributed by atoms with Gasteiger partial charge in [0, 0.05) is 18.5 Å². The third kappa shape index (κ3) is 4.91. The van der Waals surface area contributed by atoms with Crippen LogP contribution in [0.3, 0.4) is 0 Å². The topological polar surface area (TPSA) is 77.2 Å². The van der Waals surface area contributed by atoms with E-state index in [-0.39, 0.29) is 6.61 Å². The first-order valence-electron chi connectivity index (χ1n) is 8.05. The highest BCUT2D eigenvalue weighted by Gasteiger charge is 2.09. The Labute approximate surface area is 145 Å². The first-order chi connectivity index (χ1) is 12.2. The van der Waals surface area contributed by atoms with E-state index < -0.39 is 6.09 Å². The molecule has 6 nitrogen and oxygen atoms in total. The maximum absolute atomic E-state index is 11.7. The van der Waals surface area contributed by atoms with Gasteiger partial charge < -0.3 is 14.6 Å². The fraction of sp³-hybridized carbons (Fsp3) is 0.211. The van der Waals surface area contributed by atoms with Crippen LogP contribution in [0.25, 0.3) is 11.4 Å². The molecular weight excluding hydrogens is 318 g/mol. The van der Waals surface area contributed by atoms with Crippen molar-refractivity contribution in [1.82, 2.24) is 15.5 Å². The van der Waals surface area contributed by atoms with E-state index in [1.165, 1.54) is 5.56 Å². The molecule has 1 N–H and O–H groups in total. The molecule has 1 amide bonds. The van der Waals surface area contributed by atoms with Crippen LogP contribution in [0.2, 0.25) is 0 Å². The number of benzene rings is 2. The van der Waals surface area contributed by atoms with Crippen molar-refractivity contribution in [3.05, 3.63) is 71.6 Å². The van der Waals surface area contributed by atoms with Crippen molar-refractivity contribution in [3.63, 3.8) is 0 Å². The van der Waals surface area contributed by atoms with Crippen molar-refractivity contribution in [2.45, 2.75) is 20.0 Å². The fourth-order valence-electron chi connectivity index (χ4n) is 2.22. The van der Waals surface area contributed by atoms with Crippen LogP contribution in [0.4, 0.5) is 4.79 Å². The summed E-state index contributed by atoms with van der Waals surface area (Å²) < 4.78 is 10.3. The highest BCUT2D eigenvalue weighted by Crippen LogP contribution is 2.16. The third-order valence-corrected chi connectivity index (χ3v) is 3.60. The number of ether oxygens (including phenoxy) is 1. The van der Waals surface area contributed by atoms with Gasteiger partial charge in [-0.05, 0) is 12.5 Å². The molecule has 1 heterocycles. The van der Waals surface area contributed by atoms with E-state index in [1.54, 1.807) is 0 Å². The summed E-state index contributed by atoms with van der Waals surface area (Å²) in [6.45, 7) is 2.63. The Bertz CT molecular complexity index is 813. The molecule has 6 heteroatoms. The summed E-state index contributed by atoms with van der Waals surface area (Å²) in [7, 11) is 0. The molecule has 0 unspecified atom stereocenters. The summed E-state index contributed by atoms with van der Waals surface area (Å²) in [4.78, 5) is 16.0. The van der Waals surface area contributed by atoms with Gasteiger partial charge in [0.1, 0.15) is 6.61 Å². The number of nitrogens with zero attached hydrogens (tertiary/aromatic N) is 2. The van der Waals surface area contributed by atoms with Crippen molar-refractivity contribution < 1.29 is 14.1 Å². The van der Waals surface area contributed by atoms with Gasteiger partial charge in [0.2, 0.25) is 11.7 Å². The van der Waals surface area contributed by atoms with Gasteiger partial charge in [-0.1, -0.05) is 65.3 Å². The van der Waals surface area contributed by atoms with Gasteiger partial charge in [0.05, 0.1) is 0 Å². The van der Waals surface area contributed by atoms with E-state index >= 15 is 0 Å². The molecule has 0 aliphatic heterocycles. The molecule has 0 fully saturated rings. The van der Waals surface area contributed by atoms with E-state index in [4.69, 9.17) is 9.26 Å². The monoisotopic (exact) mass is 337 g/mol. The van der Waals surface area contributed by atoms with Crippen molar-refractivity contribution in [2.75, 3.05) is 6.54 Å². The molecule has 2 aromatic carbocycles. The number of alkyl carbamates (subject to hydrolysis) is 1. The van der Waals surface area contributed by atoms with E-state index in [2.05, 4.69) is 15.5 Å². The fourth-order valence-corrected chi connectivity index (χ4v) is 2.22. The van der Waals surface area contributed by atoms with Crippen LogP contribution in [-0.2, 0) is 17.8 Å². The lowest BCUT2D eigenvalue weighted by Gasteiger charge is -2.05. The molecule has 0 aliphatic rings. The van der Waals surface area contributed by atoms with E-state index in [1.807, 2.05) is 61.5 Å². The molecule has 25 heavy (non-hydrogen) atoms. The molecular formula is C19H19N3O3. The van der Waals surface area contributed by atoms with Crippen molar-refractivity contribution >= 4 is 6.09 Å². The molecule has 0 spiro atoms. The van der Waals surface area contributed by atoms with Crippen LogP contribution < -0.4 is 5.32 Å². The second kappa shape index (κ2) is 8.10. The molecule has 0 bridgehead atoms. The van der Waals surface area contributed by atoms with Crippen molar-refractivity contribution in [3.8, 4) is 11.4 Å². The number of aromatic nitrogens is 2. The minimum atomic E-state index is -0.470. The van der Waals surface area contributed by atoms with Crippen LogP contribution in [0.15, 0.2) is 59.1 Å². The van der Waals surface area contributed by atoms with Gasteiger partial charge >= 0.3 is 6.09 Å². The van der Waals surface area contributed by atoms with Crippen molar-refractivity contribution in [2.24, 2.45) is 0 Å². The maximum atomic E-state index is 11.7.